The lowest BCUT2D eigenvalue weighted by Crippen LogP contribution is -2.35. The largest absolute Gasteiger partial charge is 0.353 e. The Kier molecular flexibility index (Phi) is 6.11. The van der Waals surface area contributed by atoms with Gasteiger partial charge in [-0.1, -0.05) is 36.4 Å². The maximum atomic E-state index is 12.1. The first-order valence-electron chi connectivity index (χ1n) is 7.72. The monoisotopic (exact) mass is 329 g/mol. The minimum absolute atomic E-state index is 0.0106. The normalized spacial score (nSPS) is 13.3. The molecule has 3 nitrogen and oxygen atoms in total. The summed E-state index contributed by atoms with van der Waals surface area (Å²) in [5.41, 5.74) is 3.44. The summed E-state index contributed by atoms with van der Waals surface area (Å²) in [7, 11) is -0.985. The smallest absolute Gasteiger partial charge is 0.224 e. The van der Waals surface area contributed by atoms with Crippen LogP contribution >= 0.6 is 0 Å². The molecule has 2 atom stereocenters. The van der Waals surface area contributed by atoms with E-state index < -0.39 is 10.8 Å². The fraction of sp³-hybridized carbons (Fsp3) is 0.316. The van der Waals surface area contributed by atoms with Crippen LogP contribution < -0.4 is 5.32 Å². The average Bonchev–Trinajstić information content (AvgIpc) is 2.50. The summed E-state index contributed by atoms with van der Waals surface area (Å²) in [5.74, 6) is 0.0106. The highest BCUT2D eigenvalue weighted by atomic mass is 32.2. The second-order valence-electron chi connectivity index (χ2n) is 5.87. The van der Waals surface area contributed by atoms with Crippen molar-refractivity contribution >= 4 is 16.7 Å². The summed E-state index contributed by atoms with van der Waals surface area (Å²) in [6.45, 7) is 4.11. The zero-order valence-electron chi connectivity index (χ0n) is 13.8. The Morgan fingerprint density at radius 1 is 1.13 bits per heavy atom. The van der Waals surface area contributed by atoms with E-state index in [1.54, 1.807) is 6.26 Å². The number of rotatable bonds is 6. The molecule has 0 aliphatic rings. The quantitative estimate of drug-likeness (QED) is 0.885. The summed E-state index contributed by atoms with van der Waals surface area (Å²) in [5, 5.41) is 3.04. The van der Waals surface area contributed by atoms with Crippen LogP contribution in [-0.2, 0) is 28.4 Å². The van der Waals surface area contributed by atoms with Crippen LogP contribution in [-0.4, -0.2) is 22.4 Å². The van der Waals surface area contributed by atoms with Crippen molar-refractivity contribution in [1.82, 2.24) is 5.32 Å². The van der Waals surface area contributed by atoms with E-state index in [0.29, 0.717) is 6.42 Å². The summed E-state index contributed by atoms with van der Waals surface area (Å²) in [4.78, 5) is 12.9. The topological polar surface area (TPSA) is 46.2 Å². The van der Waals surface area contributed by atoms with Crippen molar-refractivity contribution in [2.24, 2.45) is 0 Å². The molecule has 0 saturated heterocycles. The second kappa shape index (κ2) is 8.06. The first kappa shape index (κ1) is 17.4. The lowest BCUT2D eigenvalue weighted by molar-refractivity contribution is -0.121. The Balaban J connectivity index is 1.89. The van der Waals surface area contributed by atoms with Crippen LogP contribution in [0.2, 0.25) is 0 Å². The van der Waals surface area contributed by atoms with Gasteiger partial charge in [-0.25, -0.2) is 0 Å². The van der Waals surface area contributed by atoms with Gasteiger partial charge in [-0.15, -0.1) is 0 Å². The molecule has 122 valence electrons. The number of hydrogen-bond donors (Lipinski definition) is 1. The number of benzene rings is 2. The molecule has 2 aromatic rings. The van der Waals surface area contributed by atoms with E-state index in [1.807, 2.05) is 43.3 Å². The molecule has 0 saturated carbocycles. The lowest BCUT2D eigenvalue weighted by atomic mass is 10.0. The summed E-state index contributed by atoms with van der Waals surface area (Å²) < 4.78 is 11.4. The zero-order valence-corrected chi connectivity index (χ0v) is 14.7. The van der Waals surface area contributed by atoms with Gasteiger partial charge in [0.25, 0.3) is 0 Å². The van der Waals surface area contributed by atoms with Gasteiger partial charge in [0, 0.05) is 28.0 Å². The van der Waals surface area contributed by atoms with Crippen molar-refractivity contribution in [3.8, 4) is 0 Å². The fourth-order valence-electron chi connectivity index (χ4n) is 2.53. The van der Waals surface area contributed by atoms with E-state index in [0.717, 1.165) is 16.9 Å². The molecule has 0 radical (unpaired) electrons. The number of aryl methyl sites for hydroxylation is 1. The van der Waals surface area contributed by atoms with Crippen LogP contribution in [0.25, 0.3) is 0 Å². The van der Waals surface area contributed by atoms with Crippen molar-refractivity contribution in [3.63, 3.8) is 0 Å². The lowest BCUT2D eigenvalue weighted by Gasteiger charge is -2.15. The highest BCUT2D eigenvalue weighted by Crippen LogP contribution is 2.11. The molecule has 2 aromatic carbocycles. The standard InChI is InChI=1S/C19H23NO2S/c1-14-6-4-5-7-17(14)12-15(2)20-19(21)13-16-8-10-18(11-9-16)23(3)22/h4-11,15H,12-13H2,1-3H3,(H,20,21)/t15-,23-/m0/s1. The van der Waals surface area contributed by atoms with E-state index in [-0.39, 0.29) is 11.9 Å². The molecule has 0 aromatic heterocycles. The van der Waals surface area contributed by atoms with E-state index in [2.05, 4.69) is 24.4 Å². The zero-order chi connectivity index (χ0) is 16.8. The molecule has 23 heavy (non-hydrogen) atoms. The minimum atomic E-state index is -0.985. The van der Waals surface area contributed by atoms with Gasteiger partial charge >= 0.3 is 0 Å². The van der Waals surface area contributed by atoms with Gasteiger partial charge in [0.2, 0.25) is 5.91 Å². The molecule has 1 amide bonds. The number of carbonyl (C=O) groups is 1. The Bertz CT molecular complexity index is 695. The molecular weight excluding hydrogens is 306 g/mol. The molecule has 0 spiro atoms. The van der Waals surface area contributed by atoms with Gasteiger partial charge in [0.15, 0.2) is 0 Å². The molecule has 2 rings (SSSR count). The summed E-state index contributed by atoms with van der Waals surface area (Å²) in [6.07, 6.45) is 2.82. The van der Waals surface area contributed by atoms with Crippen molar-refractivity contribution in [2.45, 2.75) is 37.6 Å². The summed E-state index contributed by atoms with van der Waals surface area (Å²) >= 11 is 0. The molecule has 4 heteroatoms. The van der Waals surface area contributed by atoms with Crippen LogP contribution in [0.1, 0.15) is 23.6 Å². The SMILES string of the molecule is Cc1ccccc1C[C@H](C)NC(=O)Cc1ccc([S@](C)=O)cc1. The van der Waals surface area contributed by atoms with Gasteiger partial charge in [0.1, 0.15) is 0 Å². The molecule has 0 fully saturated rings. The van der Waals surface area contributed by atoms with Crippen molar-refractivity contribution < 1.29 is 9.00 Å². The second-order valence-corrected chi connectivity index (χ2v) is 7.25. The third-order valence-electron chi connectivity index (χ3n) is 3.81. The van der Waals surface area contributed by atoms with Gasteiger partial charge in [-0.3, -0.25) is 9.00 Å². The number of hydrogen-bond acceptors (Lipinski definition) is 2. The van der Waals surface area contributed by atoms with Crippen molar-refractivity contribution in [2.75, 3.05) is 6.26 Å². The number of nitrogens with one attached hydrogen (secondary N) is 1. The minimum Gasteiger partial charge on any atom is -0.353 e. The van der Waals surface area contributed by atoms with E-state index in [1.165, 1.54) is 11.1 Å². The average molecular weight is 329 g/mol. The molecule has 0 aliphatic heterocycles. The van der Waals surface area contributed by atoms with E-state index in [9.17, 15) is 9.00 Å². The van der Waals surface area contributed by atoms with Gasteiger partial charge in [-0.2, -0.15) is 0 Å². The predicted octanol–water partition coefficient (Wildman–Crippen LogP) is 3.02. The summed E-state index contributed by atoms with van der Waals surface area (Å²) in [6, 6.07) is 15.7. The van der Waals surface area contributed by atoms with Crippen molar-refractivity contribution in [1.29, 1.82) is 0 Å². The molecule has 0 heterocycles. The number of carbonyl (C=O) groups excluding carboxylic acids is 1. The molecule has 0 bridgehead atoms. The van der Waals surface area contributed by atoms with Gasteiger partial charge < -0.3 is 5.32 Å². The molecule has 1 N–H and O–H groups in total. The predicted molar refractivity (Wildman–Crippen MR) is 95.0 cm³/mol. The Labute approximate surface area is 140 Å². The first-order chi connectivity index (χ1) is 11.0. The van der Waals surface area contributed by atoms with E-state index in [4.69, 9.17) is 0 Å². The van der Waals surface area contributed by atoms with Crippen LogP contribution in [0.5, 0.6) is 0 Å². The van der Waals surface area contributed by atoms with E-state index >= 15 is 0 Å². The third-order valence-corrected chi connectivity index (χ3v) is 4.75. The van der Waals surface area contributed by atoms with Gasteiger partial charge in [0.05, 0.1) is 6.42 Å². The van der Waals surface area contributed by atoms with Crippen molar-refractivity contribution in [3.05, 3.63) is 65.2 Å². The highest BCUT2D eigenvalue weighted by Gasteiger charge is 2.10. The molecular formula is C19H23NO2S. The molecule has 0 unspecified atom stereocenters. The Morgan fingerprint density at radius 2 is 1.78 bits per heavy atom. The first-order valence-corrected chi connectivity index (χ1v) is 9.27. The highest BCUT2D eigenvalue weighted by molar-refractivity contribution is 7.84. The Hall–Kier alpha value is -1.94. The van der Waals surface area contributed by atoms with Crippen LogP contribution in [0.15, 0.2) is 53.4 Å². The maximum absolute atomic E-state index is 12.1. The van der Waals surface area contributed by atoms with Gasteiger partial charge in [-0.05, 0) is 49.1 Å². The maximum Gasteiger partial charge on any atom is 0.224 e. The number of amides is 1. The van der Waals surface area contributed by atoms with Crippen LogP contribution in [0.4, 0.5) is 0 Å². The third kappa shape index (κ3) is 5.32. The molecule has 0 aliphatic carbocycles. The van der Waals surface area contributed by atoms with Crippen LogP contribution in [0, 0.1) is 6.92 Å². The Morgan fingerprint density at radius 3 is 2.39 bits per heavy atom. The van der Waals surface area contributed by atoms with Crippen LogP contribution in [0.3, 0.4) is 0 Å². The fourth-order valence-corrected chi connectivity index (χ4v) is 3.05.